The van der Waals surface area contributed by atoms with Crippen molar-refractivity contribution in [3.05, 3.63) is 34.9 Å². The number of nitrogens with one attached hydrogen (secondary N) is 1. The molecule has 0 aliphatic heterocycles. The minimum Gasteiger partial charge on any atom is -0.379 e. The molecule has 5 heteroatoms. The third-order valence-corrected chi connectivity index (χ3v) is 4.54. The Labute approximate surface area is 150 Å². The number of nitrogens with zero attached hydrogens (tertiary/aromatic N) is 1. The Hall–Kier alpha value is -1.10. The van der Waals surface area contributed by atoms with Crippen LogP contribution in [0.5, 0.6) is 0 Å². The van der Waals surface area contributed by atoms with Gasteiger partial charge in [-0.2, -0.15) is 0 Å². The fourth-order valence-corrected chi connectivity index (χ4v) is 2.89. The van der Waals surface area contributed by atoms with Crippen LogP contribution in [-0.2, 0) is 9.53 Å². The number of carbonyl (C=O) groups is 1. The van der Waals surface area contributed by atoms with E-state index in [9.17, 15) is 4.79 Å². The maximum atomic E-state index is 12.3. The molecule has 0 saturated heterocycles. The smallest absolute Gasteiger partial charge is 0.234 e. The molecule has 1 fully saturated rings. The van der Waals surface area contributed by atoms with Gasteiger partial charge >= 0.3 is 0 Å². The minimum atomic E-state index is 0.0901. The van der Waals surface area contributed by atoms with Crippen molar-refractivity contribution in [2.75, 3.05) is 19.7 Å². The van der Waals surface area contributed by atoms with Crippen LogP contribution in [0.2, 0.25) is 5.02 Å². The highest BCUT2D eigenvalue weighted by Gasteiger charge is 2.33. The lowest BCUT2D eigenvalue weighted by atomic mass is 10.1. The zero-order valence-corrected chi connectivity index (χ0v) is 15.7. The van der Waals surface area contributed by atoms with E-state index in [1.165, 1.54) is 18.4 Å². The summed E-state index contributed by atoms with van der Waals surface area (Å²) in [5, 5.41) is 3.74. The molecule has 0 radical (unpaired) electrons. The van der Waals surface area contributed by atoms with Gasteiger partial charge in [-0.05, 0) is 57.7 Å². The topological polar surface area (TPSA) is 41.6 Å². The van der Waals surface area contributed by atoms with Crippen molar-refractivity contribution < 1.29 is 9.53 Å². The molecule has 1 atom stereocenters. The monoisotopic (exact) mass is 352 g/mol. The lowest BCUT2D eigenvalue weighted by molar-refractivity contribution is -0.123. The summed E-state index contributed by atoms with van der Waals surface area (Å²) < 4.78 is 5.49. The van der Waals surface area contributed by atoms with Crippen molar-refractivity contribution in [2.24, 2.45) is 0 Å². The molecule has 1 N–H and O–H groups in total. The molecule has 0 spiro atoms. The molecule has 4 nitrogen and oxygen atoms in total. The van der Waals surface area contributed by atoms with Crippen molar-refractivity contribution in [1.29, 1.82) is 0 Å². The number of hydrogen-bond acceptors (Lipinski definition) is 3. The number of benzene rings is 1. The van der Waals surface area contributed by atoms with E-state index in [1.807, 2.05) is 38.1 Å². The third-order valence-electron chi connectivity index (χ3n) is 4.29. The number of rotatable bonds is 10. The molecule has 0 aromatic heterocycles. The first-order valence-electron chi connectivity index (χ1n) is 8.87. The Morgan fingerprint density at radius 3 is 2.54 bits per heavy atom. The van der Waals surface area contributed by atoms with E-state index in [-0.39, 0.29) is 18.1 Å². The number of amides is 1. The van der Waals surface area contributed by atoms with E-state index in [0.717, 1.165) is 11.4 Å². The van der Waals surface area contributed by atoms with Gasteiger partial charge in [-0.3, -0.25) is 9.69 Å². The molecule has 1 aliphatic rings. The Morgan fingerprint density at radius 1 is 1.29 bits per heavy atom. The molecule has 1 saturated carbocycles. The van der Waals surface area contributed by atoms with Gasteiger partial charge < -0.3 is 10.1 Å². The summed E-state index contributed by atoms with van der Waals surface area (Å²) in [6, 6.07) is 8.64. The van der Waals surface area contributed by atoms with Gasteiger partial charge in [0.2, 0.25) is 5.91 Å². The van der Waals surface area contributed by atoms with E-state index >= 15 is 0 Å². The first-order chi connectivity index (χ1) is 11.5. The second-order valence-corrected chi connectivity index (χ2v) is 7.19. The van der Waals surface area contributed by atoms with E-state index < -0.39 is 0 Å². The first kappa shape index (κ1) is 19.2. The van der Waals surface area contributed by atoms with E-state index in [0.29, 0.717) is 25.7 Å². The highest BCUT2D eigenvalue weighted by Crippen LogP contribution is 2.34. The molecule has 1 amide bonds. The fraction of sp³-hybridized carbons (Fsp3) is 0.632. The van der Waals surface area contributed by atoms with Crippen LogP contribution in [0.4, 0.5) is 0 Å². The molecule has 2 rings (SSSR count). The standard InChI is InChI=1S/C19H29ClN2O2/c1-14(2)24-12-4-11-21-19(23)13-22(18-9-10-18)15(3)16-5-7-17(20)8-6-16/h5-8,14-15,18H,4,9-13H2,1-3H3,(H,21,23). The summed E-state index contributed by atoms with van der Waals surface area (Å²) in [5.41, 5.74) is 1.20. The molecule has 0 heterocycles. The summed E-state index contributed by atoms with van der Waals surface area (Å²) in [7, 11) is 0. The first-order valence-corrected chi connectivity index (χ1v) is 9.24. The van der Waals surface area contributed by atoms with Gasteiger partial charge in [0.1, 0.15) is 0 Å². The van der Waals surface area contributed by atoms with Crippen molar-refractivity contribution in [3.63, 3.8) is 0 Å². The van der Waals surface area contributed by atoms with Crippen molar-refractivity contribution in [1.82, 2.24) is 10.2 Å². The number of halogens is 1. The van der Waals surface area contributed by atoms with Crippen LogP contribution in [0.15, 0.2) is 24.3 Å². The lowest BCUT2D eigenvalue weighted by Crippen LogP contribution is -2.40. The van der Waals surface area contributed by atoms with Crippen LogP contribution in [0.1, 0.15) is 51.6 Å². The van der Waals surface area contributed by atoms with E-state index in [1.54, 1.807) is 0 Å². The average molecular weight is 353 g/mol. The predicted octanol–water partition coefficient (Wildman–Crippen LogP) is 3.80. The Kier molecular flexibility index (Phi) is 7.53. The highest BCUT2D eigenvalue weighted by molar-refractivity contribution is 6.30. The molecule has 1 aliphatic carbocycles. The summed E-state index contributed by atoms with van der Waals surface area (Å²) >= 11 is 5.97. The Bertz CT molecular complexity index is 515. The van der Waals surface area contributed by atoms with Crippen LogP contribution in [0, 0.1) is 0 Å². The Balaban J connectivity index is 1.80. The second kappa shape index (κ2) is 9.40. The molecule has 0 bridgehead atoms. The molecule has 24 heavy (non-hydrogen) atoms. The highest BCUT2D eigenvalue weighted by atomic mass is 35.5. The van der Waals surface area contributed by atoms with Gasteiger partial charge in [0.15, 0.2) is 0 Å². The number of hydrogen-bond donors (Lipinski definition) is 1. The minimum absolute atomic E-state index is 0.0901. The molecular weight excluding hydrogens is 324 g/mol. The van der Waals surface area contributed by atoms with E-state index in [4.69, 9.17) is 16.3 Å². The quantitative estimate of drug-likeness (QED) is 0.651. The van der Waals surface area contributed by atoms with E-state index in [2.05, 4.69) is 17.1 Å². The van der Waals surface area contributed by atoms with Gasteiger partial charge in [-0.1, -0.05) is 23.7 Å². The van der Waals surface area contributed by atoms with Gasteiger partial charge in [-0.25, -0.2) is 0 Å². The lowest BCUT2D eigenvalue weighted by Gasteiger charge is -2.29. The van der Waals surface area contributed by atoms with Crippen molar-refractivity contribution >= 4 is 17.5 Å². The van der Waals surface area contributed by atoms with Crippen molar-refractivity contribution in [2.45, 2.75) is 58.2 Å². The zero-order chi connectivity index (χ0) is 17.5. The maximum absolute atomic E-state index is 12.3. The maximum Gasteiger partial charge on any atom is 0.234 e. The third kappa shape index (κ3) is 6.42. The Morgan fingerprint density at radius 2 is 1.96 bits per heavy atom. The van der Waals surface area contributed by atoms with Gasteiger partial charge in [0.25, 0.3) is 0 Å². The molecule has 1 aromatic rings. The van der Waals surface area contributed by atoms with Crippen LogP contribution < -0.4 is 5.32 Å². The van der Waals surface area contributed by atoms with Crippen molar-refractivity contribution in [3.8, 4) is 0 Å². The number of ether oxygens (including phenoxy) is 1. The summed E-state index contributed by atoms with van der Waals surface area (Å²) in [6.45, 7) is 7.99. The SMILES string of the molecule is CC(C)OCCCNC(=O)CN(C1CC1)C(C)c1ccc(Cl)cc1. The summed E-state index contributed by atoms with van der Waals surface area (Å²) in [4.78, 5) is 14.6. The zero-order valence-electron chi connectivity index (χ0n) is 14.9. The second-order valence-electron chi connectivity index (χ2n) is 6.75. The van der Waals surface area contributed by atoms with Crippen LogP contribution in [0.25, 0.3) is 0 Å². The number of carbonyl (C=O) groups excluding carboxylic acids is 1. The van der Waals surface area contributed by atoms with Crippen LogP contribution in [-0.4, -0.2) is 42.6 Å². The van der Waals surface area contributed by atoms with Crippen LogP contribution >= 0.6 is 11.6 Å². The molecular formula is C19H29ClN2O2. The molecule has 1 aromatic carbocycles. The molecule has 1 unspecified atom stereocenters. The van der Waals surface area contributed by atoms with Crippen LogP contribution in [0.3, 0.4) is 0 Å². The summed E-state index contributed by atoms with van der Waals surface area (Å²) in [5.74, 6) is 0.0901. The van der Waals surface area contributed by atoms with Gasteiger partial charge in [0.05, 0.1) is 12.6 Å². The van der Waals surface area contributed by atoms with Gasteiger partial charge in [0, 0.05) is 30.3 Å². The predicted molar refractivity (Wildman–Crippen MR) is 98.3 cm³/mol. The summed E-state index contributed by atoms with van der Waals surface area (Å²) in [6.07, 6.45) is 3.44. The average Bonchev–Trinajstić information content (AvgIpc) is 3.37. The van der Waals surface area contributed by atoms with Gasteiger partial charge in [-0.15, -0.1) is 0 Å². The largest absolute Gasteiger partial charge is 0.379 e. The molecule has 134 valence electrons. The fourth-order valence-electron chi connectivity index (χ4n) is 2.76. The normalized spacial score (nSPS) is 15.8.